The van der Waals surface area contributed by atoms with Crippen molar-refractivity contribution in [3.8, 4) is 5.69 Å². The smallest absolute Gasteiger partial charge is 0.293 e. The van der Waals surface area contributed by atoms with Gasteiger partial charge in [0.05, 0.1) is 4.91 Å². The summed E-state index contributed by atoms with van der Waals surface area (Å²) < 4.78 is 2.97. The number of nitrogens with zero attached hydrogens (tertiary/aromatic N) is 2. The third-order valence-corrected chi connectivity index (χ3v) is 6.11. The number of thioether (sulfide) groups is 1. The lowest BCUT2D eigenvalue weighted by molar-refractivity contribution is -0.122. The number of hydrogen-bond donors (Lipinski definition) is 0. The zero-order valence-corrected chi connectivity index (χ0v) is 18.0. The summed E-state index contributed by atoms with van der Waals surface area (Å²) in [5.74, 6) is -0.213. The summed E-state index contributed by atoms with van der Waals surface area (Å²) in [5, 5.41) is -0.199. The highest BCUT2D eigenvalue weighted by Crippen LogP contribution is 2.33. The second-order valence-corrected chi connectivity index (χ2v) is 8.61. The molecule has 0 N–H and O–H groups in total. The predicted molar refractivity (Wildman–Crippen MR) is 121 cm³/mol. The molecule has 1 saturated heterocycles. The topological polar surface area (TPSA) is 42.3 Å². The Morgan fingerprint density at radius 3 is 2.59 bits per heavy atom. The van der Waals surface area contributed by atoms with Crippen LogP contribution in [0, 0.1) is 0 Å². The van der Waals surface area contributed by atoms with Crippen LogP contribution in [0.15, 0.2) is 82.3 Å². The molecule has 0 bridgehead atoms. The van der Waals surface area contributed by atoms with Crippen LogP contribution in [0.2, 0.25) is 0 Å². The number of benzene rings is 2. The lowest BCUT2D eigenvalue weighted by Crippen LogP contribution is -2.29. The van der Waals surface area contributed by atoms with Crippen LogP contribution in [-0.4, -0.2) is 27.2 Å². The zero-order valence-electron chi connectivity index (χ0n) is 15.6. The molecule has 1 aliphatic heterocycles. The lowest BCUT2D eigenvalue weighted by atomic mass is 10.1. The maximum atomic E-state index is 12.8. The van der Waals surface area contributed by atoms with E-state index in [4.69, 9.17) is 0 Å². The number of carbonyl (C=O) groups excluding carboxylic acids is 2. The van der Waals surface area contributed by atoms with Crippen LogP contribution >= 0.6 is 27.7 Å². The molecule has 0 unspecified atom stereocenters. The van der Waals surface area contributed by atoms with Gasteiger partial charge in [-0.3, -0.25) is 14.5 Å². The summed E-state index contributed by atoms with van der Waals surface area (Å²) in [6.07, 6.45) is 5.33. The molecule has 0 aliphatic carbocycles. The van der Waals surface area contributed by atoms with Crippen LogP contribution in [0.1, 0.15) is 17.7 Å². The Balaban J connectivity index is 1.48. The molecular weight excluding hydrogens is 448 g/mol. The Kier molecular flexibility index (Phi) is 6.02. The van der Waals surface area contributed by atoms with E-state index in [9.17, 15) is 9.59 Å². The van der Waals surface area contributed by atoms with Crippen molar-refractivity contribution in [2.45, 2.75) is 12.8 Å². The van der Waals surface area contributed by atoms with E-state index in [0.717, 1.165) is 40.5 Å². The molecule has 4 nitrogen and oxygen atoms in total. The Bertz CT molecular complexity index is 1080. The van der Waals surface area contributed by atoms with E-state index in [0.29, 0.717) is 11.4 Å². The van der Waals surface area contributed by atoms with Crippen molar-refractivity contribution in [3.05, 3.63) is 93.6 Å². The molecule has 1 aromatic heterocycles. The monoisotopic (exact) mass is 466 g/mol. The van der Waals surface area contributed by atoms with Crippen LogP contribution in [0.25, 0.3) is 11.8 Å². The molecule has 0 atom stereocenters. The third-order valence-electron chi connectivity index (χ3n) is 4.71. The third kappa shape index (κ3) is 4.54. The minimum absolute atomic E-state index is 0.199. The molecular formula is C23H19BrN2O2S. The highest BCUT2D eigenvalue weighted by Gasteiger charge is 2.34. The second kappa shape index (κ2) is 8.84. The number of carbonyl (C=O) groups is 2. The van der Waals surface area contributed by atoms with E-state index < -0.39 is 0 Å². The molecule has 2 amide bonds. The molecule has 6 heteroatoms. The fourth-order valence-corrected chi connectivity index (χ4v) is 4.52. The predicted octanol–water partition coefficient (Wildman–Crippen LogP) is 5.91. The summed E-state index contributed by atoms with van der Waals surface area (Å²) >= 11 is 4.50. The number of imide groups is 1. The van der Waals surface area contributed by atoms with Crippen molar-refractivity contribution in [2.24, 2.45) is 0 Å². The van der Waals surface area contributed by atoms with E-state index in [2.05, 4.69) is 28.1 Å². The van der Waals surface area contributed by atoms with Gasteiger partial charge < -0.3 is 4.57 Å². The first-order valence-corrected chi connectivity index (χ1v) is 11.0. The second-order valence-electron chi connectivity index (χ2n) is 6.71. The van der Waals surface area contributed by atoms with Crippen LogP contribution in [0.5, 0.6) is 0 Å². The van der Waals surface area contributed by atoms with E-state index in [1.54, 1.807) is 6.08 Å². The van der Waals surface area contributed by atoms with Gasteiger partial charge in [0.2, 0.25) is 0 Å². The van der Waals surface area contributed by atoms with E-state index in [-0.39, 0.29) is 11.1 Å². The van der Waals surface area contributed by atoms with Gasteiger partial charge in [0.1, 0.15) is 0 Å². The Morgan fingerprint density at radius 1 is 0.966 bits per heavy atom. The summed E-state index contributed by atoms with van der Waals surface area (Å²) in [4.78, 5) is 27.0. The van der Waals surface area contributed by atoms with Gasteiger partial charge in [-0.15, -0.1) is 0 Å². The standard InChI is InChI=1S/C23H19BrN2O2S/c24-18-10-4-11-19(15-18)25-13-6-12-20(25)16-21-22(27)26(23(28)29-21)14-5-9-17-7-2-1-3-8-17/h1-4,6-8,10-13,15-16H,5,9,14H2/b21-16+. The molecule has 4 rings (SSSR count). The van der Waals surface area contributed by atoms with Crippen molar-refractivity contribution in [1.82, 2.24) is 9.47 Å². The van der Waals surface area contributed by atoms with Crippen LogP contribution in [0.4, 0.5) is 4.79 Å². The Morgan fingerprint density at radius 2 is 1.79 bits per heavy atom. The molecule has 2 heterocycles. The number of aryl methyl sites for hydroxylation is 1. The summed E-state index contributed by atoms with van der Waals surface area (Å²) in [6.45, 7) is 0.434. The van der Waals surface area contributed by atoms with Crippen molar-refractivity contribution < 1.29 is 9.59 Å². The molecule has 0 spiro atoms. The molecule has 1 aliphatic rings. The Hall–Kier alpha value is -2.57. The quantitative estimate of drug-likeness (QED) is 0.424. The fourth-order valence-electron chi connectivity index (χ4n) is 3.29. The number of rotatable bonds is 6. The first-order chi connectivity index (χ1) is 14.1. The van der Waals surface area contributed by atoms with Crippen LogP contribution in [0.3, 0.4) is 0 Å². The maximum absolute atomic E-state index is 12.8. The van der Waals surface area contributed by atoms with Crippen LogP contribution < -0.4 is 0 Å². The van der Waals surface area contributed by atoms with Crippen molar-refractivity contribution in [2.75, 3.05) is 6.54 Å². The SMILES string of the molecule is O=C1S/C(=C/c2cccn2-c2cccc(Br)c2)C(=O)N1CCCc1ccccc1. The van der Waals surface area contributed by atoms with Crippen molar-refractivity contribution in [1.29, 1.82) is 0 Å². The van der Waals surface area contributed by atoms with Gasteiger partial charge in [0.15, 0.2) is 0 Å². The molecule has 29 heavy (non-hydrogen) atoms. The highest BCUT2D eigenvalue weighted by atomic mass is 79.9. The molecule has 2 aromatic carbocycles. The van der Waals surface area contributed by atoms with Crippen molar-refractivity contribution >= 4 is 44.9 Å². The molecule has 0 saturated carbocycles. The number of amides is 2. The first kappa shape index (κ1) is 19.7. The Labute approximate surface area is 182 Å². The minimum Gasteiger partial charge on any atom is -0.317 e. The summed E-state index contributed by atoms with van der Waals surface area (Å²) in [5.41, 5.74) is 3.05. The van der Waals surface area contributed by atoms with E-state index >= 15 is 0 Å². The summed E-state index contributed by atoms with van der Waals surface area (Å²) in [6, 6.07) is 21.9. The van der Waals surface area contributed by atoms with Gasteiger partial charge >= 0.3 is 0 Å². The number of aromatic nitrogens is 1. The van der Waals surface area contributed by atoms with Gasteiger partial charge in [-0.05, 0) is 66.6 Å². The first-order valence-electron chi connectivity index (χ1n) is 9.34. The average Bonchev–Trinajstić information content (AvgIpc) is 3.29. The lowest BCUT2D eigenvalue weighted by Gasteiger charge is -2.12. The largest absolute Gasteiger partial charge is 0.317 e. The van der Waals surface area contributed by atoms with Gasteiger partial charge in [-0.25, -0.2) is 0 Å². The summed E-state index contributed by atoms with van der Waals surface area (Å²) in [7, 11) is 0. The average molecular weight is 467 g/mol. The number of halogens is 1. The normalized spacial score (nSPS) is 15.5. The molecule has 1 fully saturated rings. The van der Waals surface area contributed by atoms with Gasteiger partial charge in [-0.1, -0.05) is 52.3 Å². The molecule has 146 valence electrons. The van der Waals surface area contributed by atoms with Crippen LogP contribution in [-0.2, 0) is 11.2 Å². The fraction of sp³-hybridized carbons (Fsp3) is 0.130. The maximum Gasteiger partial charge on any atom is 0.293 e. The minimum atomic E-state index is -0.213. The zero-order chi connectivity index (χ0) is 20.2. The van der Waals surface area contributed by atoms with Gasteiger partial charge in [-0.2, -0.15) is 0 Å². The molecule has 3 aromatic rings. The molecule has 0 radical (unpaired) electrons. The van der Waals surface area contributed by atoms with E-state index in [1.807, 2.05) is 65.4 Å². The van der Waals surface area contributed by atoms with Gasteiger partial charge in [0.25, 0.3) is 11.1 Å². The number of hydrogen-bond acceptors (Lipinski definition) is 3. The van der Waals surface area contributed by atoms with Gasteiger partial charge in [0, 0.05) is 28.6 Å². The van der Waals surface area contributed by atoms with E-state index in [1.165, 1.54) is 10.5 Å². The highest BCUT2D eigenvalue weighted by molar-refractivity contribution is 9.10. The van der Waals surface area contributed by atoms with Crippen molar-refractivity contribution in [3.63, 3.8) is 0 Å².